The lowest BCUT2D eigenvalue weighted by Gasteiger charge is -2.33. The summed E-state index contributed by atoms with van der Waals surface area (Å²) >= 11 is 0. The van der Waals surface area contributed by atoms with Crippen molar-refractivity contribution < 1.29 is 31.5 Å². The van der Waals surface area contributed by atoms with Gasteiger partial charge in [-0.15, -0.1) is 0 Å². The molecule has 1 aliphatic carbocycles. The lowest BCUT2D eigenvalue weighted by Crippen LogP contribution is -2.53. The zero-order chi connectivity index (χ0) is 29.0. The van der Waals surface area contributed by atoms with E-state index in [1.807, 2.05) is 4.72 Å². The van der Waals surface area contributed by atoms with Gasteiger partial charge in [-0.1, -0.05) is 13.0 Å². The van der Waals surface area contributed by atoms with Crippen molar-refractivity contribution in [1.82, 2.24) is 23.9 Å². The van der Waals surface area contributed by atoms with Crippen LogP contribution in [0.25, 0.3) is 0 Å². The maximum Gasteiger partial charge on any atom is 0.304 e. The zero-order valence-corrected chi connectivity index (χ0v) is 23.3. The van der Waals surface area contributed by atoms with Crippen molar-refractivity contribution in [2.75, 3.05) is 32.7 Å². The van der Waals surface area contributed by atoms with E-state index < -0.39 is 45.2 Å². The SMILES string of the molecule is CC[C@@H](Oc1ccc(C(=O)NS(=O)(=O)N2CCN(CC3CC3)CC2)c(F)c1F)c1ccc(Oc2ccccn2)cn1. The van der Waals surface area contributed by atoms with Crippen molar-refractivity contribution in [2.24, 2.45) is 5.92 Å². The number of carbonyl (C=O) groups excluding carboxylic acids is 1. The van der Waals surface area contributed by atoms with E-state index in [2.05, 4.69) is 14.9 Å². The summed E-state index contributed by atoms with van der Waals surface area (Å²) in [6.45, 7) is 4.25. The number of aromatic nitrogens is 2. The van der Waals surface area contributed by atoms with Crippen LogP contribution < -0.4 is 14.2 Å². The molecule has 3 heterocycles. The monoisotopic (exact) mass is 587 g/mol. The standard InChI is InChI=1S/C28H31F2N5O5S/c1-2-23(22-10-8-20(17-32-22)39-25-5-3-4-12-31-25)40-24-11-9-21(26(29)27(24)30)28(36)33-41(37,38)35-15-13-34(14-16-35)18-19-6-7-19/h3-5,8-12,17,19,23H,2,6-7,13-16,18H2,1H3,(H,33,36)/t23-/m1/s1. The van der Waals surface area contributed by atoms with Crippen molar-refractivity contribution in [3.05, 3.63) is 77.8 Å². The number of hydrogen-bond donors (Lipinski definition) is 1. The Morgan fingerprint density at radius 2 is 1.83 bits per heavy atom. The number of rotatable bonds is 11. The van der Waals surface area contributed by atoms with Crippen LogP contribution >= 0.6 is 0 Å². The summed E-state index contributed by atoms with van der Waals surface area (Å²) in [5, 5.41) is 0. The molecule has 0 bridgehead atoms. The molecule has 1 saturated heterocycles. The van der Waals surface area contributed by atoms with Crippen LogP contribution in [-0.4, -0.2) is 66.2 Å². The van der Waals surface area contributed by atoms with E-state index in [9.17, 15) is 22.0 Å². The second kappa shape index (κ2) is 12.5. The predicted octanol–water partition coefficient (Wildman–Crippen LogP) is 4.08. The molecule has 2 aliphatic rings. The fraction of sp³-hybridized carbons (Fsp3) is 0.393. The van der Waals surface area contributed by atoms with Crippen molar-refractivity contribution in [3.63, 3.8) is 0 Å². The summed E-state index contributed by atoms with van der Waals surface area (Å²) in [5.41, 5.74) is -0.293. The molecule has 1 amide bonds. The Hall–Kier alpha value is -3.68. The van der Waals surface area contributed by atoms with Gasteiger partial charge in [0.05, 0.1) is 17.5 Å². The predicted molar refractivity (Wildman–Crippen MR) is 146 cm³/mol. The van der Waals surface area contributed by atoms with Crippen LogP contribution in [0.2, 0.25) is 0 Å². The summed E-state index contributed by atoms with van der Waals surface area (Å²) in [5.74, 6) is -3.09. The van der Waals surface area contributed by atoms with Crippen LogP contribution in [0.4, 0.5) is 8.78 Å². The van der Waals surface area contributed by atoms with Gasteiger partial charge in [0.2, 0.25) is 11.7 Å². The van der Waals surface area contributed by atoms with Crippen LogP contribution in [0.3, 0.4) is 0 Å². The van der Waals surface area contributed by atoms with E-state index in [-0.39, 0.29) is 13.1 Å². The topological polar surface area (TPSA) is 114 Å². The second-order valence-corrected chi connectivity index (χ2v) is 11.7. The van der Waals surface area contributed by atoms with E-state index >= 15 is 0 Å². The molecule has 41 heavy (non-hydrogen) atoms. The Morgan fingerprint density at radius 3 is 2.46 bits per heavy atom. The fourth-order valence-electron chi connectivity index (χ4n) is 4.53. The molecule has 1 aliphatic heterocycles. The summed E-state index contributed by atoms with van der Waals surface area (Å²) < 4.78 is 69.8. The molecule has 218 valence electrons. The molecule has 0 unspecified atom stereocenters. The first-order valence-electron chi connectivity index (χ1n) is 13.5. The van der Waals surface area contributed by atoms with Crippen molar-refractivity contribution in [3.8, 4) is 17.4 Å². The first kappa shape index (κ1) is 28.8. The summed E-state index contributed by atoms with van der Waals surface area (Å²) in [6.07, 6.45) is 5.11. The minimum Gasteiger partial charge on any atom is -0.481 e. The molecule has 2 fully saturated rings. The van der Waals surface area contributed by atoms with E-state index in [1.54, 1.807) is 43.5 Å². The van der Waals surface area contributed by atoms with Gasteiger partial charge in [0, 0.05) is 45.0 Å². The van der Waals surface area contributed by atoms with Crippen LogP contribution in [0.5, 0.6) is 17.4 Å². The zero-order valence-electron chi connectivity index (χ0n) is 22.5. The molecule has 1 saturated carbocycles. The Kier molecular flexibility index (Phi) is 8.76. The van der Waals surface area contributed by atoms with Crippen LogP contribution in [0.1, 0.15) is 48.3 Å². The summed E-state index contributed by atoms with van der Waals surface area (Å²) in [4.78, 5) is 23.3. The first-order chi connectivity index (χ1) is 19.7. The molecule has 2 aromatic heterocycles. The van der Waals surface area contributed by atoms with E-state index in [4.69, 9.17) is 9.47 Å². The number of nitrogens with one attached hydrogen (secondary N) is 1. The molecule has 10 nitrogen and oxygen atoms in total. The minimum absolute atomic E-state index is 0.210. The van der Waals surface area contributed by atoms with Gasteiger partial charge in [-0.3, -0.25) is 9.78 Å². The number of nitrogens with zero attached hydrogens (tertiary/aromatic N) is 4. The highest BCUT2D eigenvalue weighted by Gasteiger charge is 2.32. The molecule has 1 aromatic carbocycles. The van der Waals surface area contributed by atoms with Crippen molar-refractivity contribution >= 4 is 16.1 Å². The maximum absolute atomic E-state index is 15.0. The third-order valence-electron chi connectivity index (χ3n) is 6.99. The molecule has 3 aromatic rings. The van der Waals surface area contributed by atoms with Crippen LogP contribution in [-0.2, 0) is 10.2 Å². The maximum atomic E-state index is 15.0. The highest BCUT2D eigenvalue weighted by atomic mass is 32.2. The van der Waals surface area contributed by atoms with Crippen molar-refractivity contribution in [2.45, 2.75) is 32.3 Å². The minimum atomic E-state index is -4.22. The van der Waals surface area contributed by atoms with Crippen molar-refractivity contribution in [1.29, 1.82) is 0 Å². The second-order valence-electron chi connectivity index (χ2n) is 10.0. The molecular weight excluding hydrogens is 556 g/mol. The first-order valence-corrected chi connectivity index (χ1v) is 14.9. The molecule has 13 heteroatoms. The van der Waals surface area contributed by atoms with Gasteiger partial charge in [0.25, 0.3) is 5.91 Å². The van der Waals surface area contributed by atoms with Gasteiger partial charge >= 0.3 is 10.2 Å². The number of benzene rings is 1. The summed E-state index contributed by atoms with van der Waals surface area (Å²) in [7, 11) is -4.22. The van der Waals surface area contributed by atoms with Crippen LogP contribution in [0, 0.1) is 17.6 Å². The normalized spacial score (nSPS) is 17.1. The number of ether oxygens (including phenoxy) is 2. The van der Waals surface area contributed by atoms with E-state index in [1.165, 1.54) is 19.0 Å². The lowest BCUT2D eigenvalue weighted by molar-refractivity contribution is 0.0971. The van der Waals surface area contributed by atoms with E-state index in [0.29, 0.717) is 42.8 Å². The average molecular weight is 588 g/mol. The number of hydrogen-bond acceptors (Lipinski definition) is 8. The highest BCUT2D eigenvalue weighted by Crippen LogP contribution is 2.31. The van der Waals surface area contributed by atoms with Crippen LogP contribution in [0.15, 0.2) is 54.9 Å². The Morgan fingerprint density at radius 1 is 1.05 bits per heavy atom. The average Bonchev–Trinajstić information content (AvgIpc) is 3.79. The van der Waals surface area contributed by atoms with Gasteiger partial charge in [-0.2, -0.15) is 17.1 Å². The number of pyridine rings is 2. The fourth-order valence-corrected chi connectivity index (χ4v) is 5.65. The molecule has 0 spiro atoms. The largest absolute Gasteiger partial charge is 0.481 e. The van der Waals surface area contributed by atoms with Gasteiger partial charge in [-0.05, 0) is 55.5 Å². The van der Waals surface area contributed by atoms with Gasteiger partial charge < -0.3 is 14.4 Å². The smallest absolute Gasteiger partial charge is 0.304 e. The number of amides is 1. The third kappa shape index (κ3) is 7.16. The molecule has 1 atom stereocenters. The molecule has 1 N–H and O–H groups in total. The number of carbonyl (C=O) groups is 1. The van der Waals surface area contributed by atoms with Gasteiger partial charge in [-0.25, -0.2) is 14.1 Å². The highest BCUT2D eigenvalue weighted by molar-refractivity contribution is 7.87. The number of halogens is 2. The third-order valence-corrected chi connectivity index (χ3v) is 8.48. The summed E-state index contributed by atoms with van der Waals surface area (Å²) in [6, 6.07) is 10.6. The molecule has 0 radical (unpaired) electrons. The lowest BCUT2D eigenvalue weighted by atomic mass is 10.1. The Labute approximate surface area is 237 Å². The van der Waals surface area contributed by atoms with Gasteiger partial charge in [0.15, 0.2) is 11.6 Å². The number of piperazine rings is 1. The van der Waals surface area contributed by atoms with E-state index in [0.717, 1.165) is 23.0 Å². The van der Waals surface area contributed by atoms with Gasteiger partial charge in [0.1, 0.15) is 11.9 Å². The Balaban J connectivity index is 1.21. The quantitative estimate of drug-likeness (QED) is 0.357. The molecule has 5 rings (SSSR count). The molecular formula is C28H31F2N5O5S. The Bertz CT molecular complexity index is 1470.